The molecule has 74 valence electrons. The topological polar surface area (TPSA) is 30.9 Å². The fourth-order valence-electron chi connectivity index (χ4n) is 2.18. The summed E-state index contributed by atoms with van der Waals surface area (Å²) in [7, 11) is 2.07. The standard InChI is InChI=1S/C13H12N2/c1-15-12-5-3-2-4-10(12)11-7-6-9(14)8-13(11)15/h2-8H,14H2,1H3. The van der Waals surface area contributed by atoms with Crippen LogP contribution in [0.25, 0.3) is 21.8 Å². The predicted molar refractivity (Wildman–Crippen MR) is 64.8 cm³/mol. The first-order valence-electron chi connectivity index (χ1n) is 5.00. The highest BCUT2D eigenvalue weighted by Crippen LogP contribution is 2.28. The van der Waals surface area contributed by atoms with Gasteiger partial charge in [0.15, 0.2) is 0 Å². The van der Waals surface area contributed by atoms with Crippen LogP contribution < -0.4 is 5.73 Å². The van der Waals surface area contributed by atoms with Crippen LogP contribution in [0.1, 0.15) is 0 Å². The van der Waals surface area contributed by atoms with Gasteiger partial charge in [0.25, 0.3) is 0 Å². The van der Waals surface area contributed by atoms with Crippen molar-refractivity contribution in [1.29, 1.82) is 0 Å². The smallest absolute Gasteiger partial charge is 0.0509 e. The number of aromatic nitrogens is 1. The Morgan fingerprint density at radius 1 is 0.933 bits per heavy atom. The number of nitrogen functional groups attached to an aromatic ring is 1. The van der Waals surface area contributed by atoms with Crippen molar-refractivity contribution in [2.45, 2.75) is 0 Å². The predicted octanol–water partition coefficient (Wildman–Crippen LogP) is 2.91. The minimum atomic E-state index is 0.813. The Morgan fingerprint density at radius 3 is 2.53 bits per heavy atom. The van der Waals surface area contributed by atoms with E-state index in [9.17, 15) is 0 Å². The third-order valence-corrected chi connectivity index (χ3v) is 2.94. The first-order chi connectivity index (χ1) is 7.27. The second-order valence-corrected chi connectivity index (χ2v) is 3.85. The summed E-state index contributed by atoms with van der Waals surface area (Å²) in [5.41, 5.74) is 9.05. The van der Waals surface area contributed by atoms with E-state index in [0.717, 1.165) is 5.69 Å². The first-order valence-corrected chi connectivity index (χ1v) is 5.00. The lowest BCUT2D eigenvalue weighted by Gasteiger charge is -1.97. The van der Waals surface area contributed by atoms with Gasteiger partial charge in [-0.25, -0.2) is 0 Å². The van der Waals surface area contributed by atoms with E-state index in [1.807, 2.05) is 12.1 Å². The molecule has 3 rings (SSSR count). The fraction of sp³-hybridized carbons (Fsp3) is 0.0769. The van der Waals surface area contributed by atoms with Gasteiger partial charge in [0.1, 0.15) is 0 Å². The van der Waals surface area contributed by atoms with Crippen LogP contribution in [0.15, 0.2) is 42.5 Å². The second kappa shape index (κ2) is 2.76. The van der Waals surface area contributed by atoms with Gasteiger partial charge in [-0.05, 0) is 18.2 Å². The molecule has 15 heavy (non-hydrogen) atoms. The van der Waals surface area contributed by atoms with E-state index >= 15 is 0 Å². The van der Waals surface area contributed by atoms with Crippen LogP contribution in [0.5, 0.6) is 0 Å². The Balaban J connectivity index is 2.63. The highest BCUT2D eigenvalue weighted by molar-refractivity contribution is 6.08. The summed E-state index contributed by atoms with van der Waals surface area (Å²) in [5.74, 6) is 0. The highest BCUT2D eigenvalue weighted by atomic mass is 14.9. The van der Waals surface area contributed by atoms with Crippen LogP contribution in [0, 0.1) is 0 Å². The SMILES string of the molecule is Cn1c2ccccc2c2ccc(N)cc21. The lowest BCUT2D eigenvalue weighted by atomic mass is 10.1. The van der Waals surface area contributed by atoms with E-state index < -0.39 is 0 Å². The Kier molecular flexibility index (Phi) is 1.54. The molecule has 0 aliphatic carbocycles. The van der Waals surface area contributed by atoms with Gasteiger partial charge in [-0.1, -0.05) is 24.3 Å². The number of rotatable bonds is 0. The summed E-state index contributed by atoms with van der Waals surface area (Å²) in [6, 6.07) is 14.5. The quantitative estimate of drug-likeness (QED) is 0.551. The summed E-state index contributed by atoms with van der Waals surface area (Å²) in [6.07, 6.45) is 0. The summed E-state index contributed by atoms with van der Waals surface area (Å²) in [5, 5.41) is 2.55. The zero-order valence-electron chi connectivity index (χ0n) is 8.57. The van der Waals surface area contributed by atoms with Gasteiger partial charge in [0, 0.05) is 29.0 Å². The van der Waals surface area contributed by atoms with E-state index in [1.54, 1.807) is 0 Å². The lowest BCUT2D eigenvalue weighted by molar-refractivity contribution is 1.01. The molecule has 0 fully saturated rings. The highest BCUT2D eigenvalue weighted by Gasteiger charge is 2.06. The number of aryl methyl sites for hydroxylation is 1. The molecule has 2 heteroatoms. The van der Waals surface area contributed by atoms with Gasteiger partial charge in [0.05, 0.1) is 5.52 Å². The van der Waals surface area contributed by atoms with Crippen LogP contribution in [0.4, 0.5) is 5.69 Å². The van der Waals surface area contributed by atoms with E-state index in [-0.39, 0.29) is 0 Å². The van der Waals surface area contributed by atoms with Crippen molar-refractivity contribution in [1.82, 2.24) is 4.57 Å². The van der Waals surface area contributed by atoms with Gasteiger partial charge in [-0.15, -0.1) is 0 Å². The van der Waals surface area contributed by atoms with Gasteiger partial charge < -0.3 is 10.3 Å². The molecular formula is C13H12N2. The summed E-state index contributed by atoms with van der Waals surface area (Å²) in [4.78, 5) is 0. The molecule has 1 aromatic heterocycles. The zero-order valence-corrected chi connectivity index (χ0v) is 8.57. The Morgan fingerprint density at radius 2 is 1.67 bits per heavy atom. The average molecular weight is 196 g/mol. The molecular weight excluding hydrogens is 184 g/mol. The van der Waals surface area contributed by atoms with Crippen LogP contribution in [-0.4, -0.2) is 4.57 Å². The van der Waals surface area contributed by atoms with Crippen molar-refractivity contribution >= 4 is 27.5 Å². The van der Waals surface area contributed by atoms with Crippen LogP contribution >= 0.6 is 0 Å². The van der Waals surface area contributed by atoms with Crippen LogP contribution in [0.3, 0.4) is 0 Å². The molecule has 0 radical (unpaired) electrons. The van der Waals surface area contributed by atoms with Crippen molar-refractivity contribution in [2.24, 2.45) is 7.05 Å². The molecule has 0 bridgehead atoms. The van der Waals surface area contributed by atoms with E-state index in [0.29, 0.717) is 0 Å². The minimum Gasteiger partial charge on any atom is -0.399 e. The average Bonchev–Trinajstić information content (AvgIpc) is 2.54. The second-order valence-electron chi connectivity index (χ2n) is 3.85. The van der Waals surface area contributed by atoms with Crippen molar-refractivity contribution in [3.05, 3.63) is 42.5 Å². The minimum absolute atomic E-state index is 0.813. The molecule has 1 heterocycles. The molecule has 0 aliphatic rings. The van der Waals surface area contributed by atoms with Crippen LogP contribution in [-0.2, 0) is 7.05 Å². The number of para-hydroxylation sites is 1. The third kappa shape index (κ3) is 1.05. The van der Waals surface area contributed by atoms with Crippen LogP contribution in [0.2, 0.25) is 0 Å². The van der Waals surface area contributed by atoms with Crippen molar-refractivity contribution < 1.29 is 0 Å². The molecule has 2 nitrogen and oxygen atoms in total. The number of hydrogen-bond acceptors (Lipinski definition) is 1. The largest absolute Gasteiger partial charge is 0.399 e. The molecule has 0 atom stereocenters. The normalized spacial score (nSPS) is 11.3. The maximum atomic E-state index is 5.80. The number of hydrogen-bond donors (Lipinski definition) is 1. The van der Waals surface area contributed by atoms with E-state index in [4.69, 9.17) is 5.73 Å². The third-order valence-electron chi connectivity index (χ3n) is 2.94. The van der Waals surface area contributed by atoms with Crippen molar-refractivity contribution in [3.63, 3.8) is 0 Å². The molecule has 3 aromatic rings. The molecule has 2 aromatic carbocycles. The van der Waals surface area contributed by atoms with Gasteiger partial charge in [-0.2, -0.15) is 0 Å². The fourth-order valence-corrected chi connectivity index (χ4v) is 2.18. The number of benzene rings is 2. The first kappa shape index (κ1) is 8.36. The van der Waals surface area contributed by atoms with Gasteiger partial charge >= 0.3 is 0 Å². The lowest BCUT2D eigenvalue weighted by Crippen LogP contribution is -1.88. The Bertz CT molecular complexity index is 650. The van der Waals surface area contributed by atoms with Gasteiger partial charge in [-0.3, -0.25) is 0 Å². The Hall–Kier alpha value is -1.96. The number of nitrogens with zero attached hydrogens (tertiary/aromatic N) is 1. The molecule has 0 saturated carbocycles. The van der Waals surface area contributed by atoms with Gasteiger partial charge in [0.2, 0.25) is 0 Å². The zero-order chi connectivity index (χ0) is 10.4. The molecule has 0 amide bonds. The molecule has 0 aliphatic heterocycles. The number of fused-ring (bicyclic) bond motifs is 3. The molecule has 2 N–H and O–H groups in total. The molecule has 0 unspecified atom stereocenters. The Labute approximate surface area is 87.9 Å². The monoisotopic (exact) mass is 196 g/mol. The number of anilines is 1. The van der Waals surface area contributed by atoms with E-state index in [2.05, 4.69) is 41.9 Å². The summed E-state index contributed by atoms with van der Waals surface area (Å²) >= 11 is 0. The molecule has 0 spiro atoms. The van der Waals surface area contributed by atoms with Crippen molar-refractivity contribution in [3.8, 4) is 0 Å². The maximum absolute atomic E-state index is 5.80. The summed E-state index contributed by atoms with van der Waals surface area (Å²) < 4.78 is 2.18. The maximum Gasteiger partial charge on any atom is 0.0509 e. The number of nitrogens with two attached hydrogens (primary N) is 1. The summed E-state index contributed by atoms with van der Waals surface area (Å²) in [6.45, 7) is 0. The van der Waals surface area contributed by atoms with Crippen molar-refractivity contribution in [2.75, 3.05) is 5.73 Å². The van der Waals surface area contributed by atoms with E-state index in [1.165, 1.54) is 21.8 Å². The molecule has 0 saturated heterocycles.